The van der Waals surface area contributed by atoms with Gasteiger partial charge in [0.25, 0.3) is 0 Å². The zero-order chi connectivity index (χ0) is 32.1. The van der Waals surface area contributed by atoms with Gasteiger partial charge < -0.3 is 23.1 Å². The molecule has 0 radical (unpaired) electrons. The molecule has 0 amide bonds. The Kier molecular flexibility index (Phi) is 16.6. The van der Waals surface area contributed by atoms with Crippen molar-refractivity contribution in [1.82, 2.24) is 0 Å². The van der Waals surface area contributed by atoms with E-state index in [9.17, 15) is 4.79 Å². The number of unbranched alkanes of at least 4 members (excludes halogenated alkanes) is 2. The van der Waals surface area contributed by atoms with E-state index in [0.717, 1.165) is 55.5 Å². The number of rotatable bonds is 22. The first-order valence-corrected chi connectivity index (χ1v) is 22.6. The average molecular weight is 645 g/mol. The van der Waals surface area contributed by atoms with Crippen LogP contribution in [0.1, 0.15) is 106 Å². The van der Waals surface area contributed by atoms with Crippen LogP contribution in [0.15, 0.2) is 12.2 Å². The lowest BCUT2D eigenvalue weighted by Crippen LogP contribution is -2.45. The van der Waals surface area contributed by atoms with Crippen LogP contribution in [0.2, 0.25) is 36.3 Å². The van der Waals surface area contributed by atoms with E-state index in [1.807, 2.05) is 0 Å². The van der Waals surface area contributed by atoms with Crippen molar-refractivity contribution in [3.05, 3.63) is 12.2 Å². The minimum atomic E-state index is -1.87. The SMILES string of the molecule is CCCCC[C@@H](/C=C/[C@@H]1[C@H]2C[C@@](OC)([C@H](F)CCCC(=O)OC)O[C@H]2C[C@H]1O[Si](CC)(CC)CC)O[Si](CC)(CC)CC. The summed E-state index contributed by atoms with van der Waals surface area (Å²) in [7, 11) is -0.742. The number of alkyl halides is 1. The third-order valence-electron chi connectivity index (χ3n) is 10.9. The summed E-state index contributed by atoms with van der Waals surface area (Å²) in [6.07, 6.45) is 10.1. The highest BCUT2D eigenvalue weighted by Crippen LogP contribution is 2.52. The Balaban J connectivity index is 2.37. The predicted molar refractivity (Wildman–Crippen MR) is 179 cm³/mol. The largest absolute Gasteiger partial charge is 0.469 e. The van der Waals surface area contributed by atoms with Crippen LogP contribution in [0.3, 0.4) is 0 Å². The van der Waals surface area contributed by atoms with Crippen LogP contribution in [0.5, 0.6) is 0 Å². The summed E-state index contributed by atoms with van der Waals surface area (Å²) in [5.74, 6) is -1.37. The predicted octanol–water partition coefficient (Wildman–Crippen LogP) is 9.35. The molecule has 9 heteroatoms. The Morgan fingerprint density at radius 3 is 2.09 bits per heavy atom. The molecule has 2 fully saturated rings. The van der Waals surface area contributed by atoms with Gasteiger partial charge in [0.2, 0.25) is 0 Å². The fourth-order valence-corrected chi connectivity index (χ4v) is 13.1. The fourth-order valence-electron chi connectivity index (χ4n) is 7.41. The van der Waals surface area contributed by atoms with Gasteiger partial charge in [-0.1, -0.05) is 79.9 Å². The van der Waals surface area contributed by atoms with Crippen molar-refractivity contribution < 1.29 is 32.2 Å². The van der Waals surface area contributed by atoms with E-state index in [-0.39, 0.29) is 49.0 Å². The van der Waals surface area contributed by atoms with Crippen molar-refractivity contribution in [2.24, 2.45) is 11.8 Å². The maximum absolute atomic E-state index is 15.8. The highest BCUT2D eigenvalue weighted by Gasteiger charge is 2.59. The van der Waals surface area contributed by atoms with Crippen molar-refractivity contribution in [1.29, 1.82) is 0 Å². The Hall–Kier alpha value is -0.586. The van der Waals surface area contributed by atoms with Crippen LogP contribution in [-0.2, 0) is 27.9 Å². The number of carbonyl (C=O) groups excluding carboxylic acids is 1. The van der Waals surface area contributed by atoms with E-state index in [2.05, 4.69) is 60.6 Å². The quantitative estimate of drug-likeness (QED) is 0.0507. The molecule has 0 aromatic heterocycles. The van der Waals surface area contributed by atoms with Crippen molar-refractivity contribution in [3.63, 3.8) is 0 Å². The van der Waals surface area contributed by atoms with E-state index in [0.29, 0.717) is 12.8 Å². The molecule has 0 bridgehead atoms. The molecule has 7 atom stereocenters. The average Bonchev–Trinajstić information content (AvgIpc) is 3.55. The molecule has 0 N–H and O–H groups in total. The van der Waals surface area contributed by atoms with Crippen LogP contribution in [0.25, 0.3) is 0 Å². The van der Waals surface area contributed by atoms with Crippen LogP contribution in [-0.4, -0.2) is 67.1 Å². The molecule has 1 aliphatic heterocycles. The third kappa shape index (κ3) is 9.95. The van der Waals surface area contributed by atoms with Gasteiger partial charge in [-0.05, 0) is 67.9 Å². The summed E-state index contributed by atoms with van der Waals surface area (Å²) >= 11 is 0. The summed E-state index contributed by atoms with van der Waals surface area (Å²) in [5, 5.41) is 0. The summed E-state index contributed by atoms with van der Waals surface area (Å²) < 4.78 is 47.1. The minimum Gasteiger partial charge on any atom is -0.469 e. The maximum atomic E-state index is 15.8. The molecular formula is C34H65FO6Si2. The van der Waals surface area contributed by atoms with Crippen LogP contribution >= 0.6 is 0 Å². The summed E-state index contributed by atoms with van der Waals surface area (Å²) in [6, 6.07) is 6.68. The third-order valence-corrected chi connectivity index (χ3v) is 20.3. The number of carbonyl (C=O) groups is 1. The number of esters is 1. The van der Waals surface area contributed by atoms with Gasteiger partial charge in [0.15, 0.2) is 28.6 Å². The summed E-state index contributed by atoms with van der Waals surface area (Å²) in [5.41, 5.74) is 0. The summed E-state index contributed by atoms with van der Waals surface area (Å²) in [6.45, 7) is 15.9. The van der Waals surface area contributed by atoms with Gasteiger partial charge in [-0.25, -0.2) is 4.39 Å². The Morgan fingerprint density at radius 2 is 1.56 bits per heavy atom. The Bertz CT molecular complexity index is 819. The van der Waals surface area contributed by atoms with E-state index >= 15 is 4.39 Å². The maximum Gasteiger partial charge on any atom is 0.305 e. The van der Waals surface area contributed by atoms with Gasteiger partial charge in [0, 0.05) is 25.9 Å². The first-order valence-electron chi connectivity index (χ1n) is 17.6. The number of hydrogen-bond donors (Lipinski definition) is 0. The molecule has 1 saturated heterocycles. The zero-order valence-corrected chi connectivity index (χ0v) is 31.1. The first kappa shape index (κ1) is 38.6. The van der Waals surface area contributed by atoms with Crippen molar-refractivity contribution in [3.8, 4) is 0 Å². The lowest BCUT2D eigenvalue weighted by Gasteiger charge is -2.37. The highest BCUT2D eigenvalue weighted by atomic mass is 28.4. The molecule has 1 heterocycles. The number of fused-ring (bicyclic) bond motifs is 1. The molecular weight excluding hydrogens is 580 g/mol. The second-order valence-corrected chi connectivity index (χ2v) is 22.4. The molecule has 0 aromatic rings. The van der Waals surface area contributed by atoms with Gasteiger partial charge in [0.05, 0.1) is 25.4 Å². The molecule has 0 spiro atoms. The summed E-state index contributed by atoms with van der Waals surface area (Å²) in [4.78, 5) is 11.6. The molecule has 252 valence electrons. The van der Waals surface area contributed by atoms with E-state index in [1.54, 1.807) is 7.11 Å². The first-order chi connectivity index (χ1) is 20.6. The van der Waals surface area contributed by atoms with Gasteiger partial charge in [0.1, 0.15) is 0 Å². The van der Waals surface area contributed by atoms with Crippen LogP contribution < -0.4 is 0 Å². The Morgan fingerprint density at radius 1 is 0.930 bits per heavy atom. The molecule has 2 aliphatic rings. The van der Waals surface area contributed by atoms with E-state index in [1.165, 1.54) is 20.0 Å². The number of halogens is 1. The van der Waals surface area contributed by atoms with Gasteiger partial charge >= 0.3 is 5.97 Å². The smallest absolute Gasteiger partial charge is 0.305 e. The van der Waals surface area contributed by atoms with E-state index < -0.39 is 28.6 Å². The molecule has 1 aliphatic carbocycles. The Labute approximate surface area is 265 Å². The van der Waals surface area contributed by atoms with Crippen LogP contribution in [0.4, 0.5) is 4.39 Å². The molecule has 2 rings (SSSR count). The zero-order valence-electron chi connectivity index (χ0n) is 29.1. The normalized spacial score (nSPS) is 27.5. The van der Waals surface area contributed by atoms with Gasteiger partial charge in [-0.15, -0.1) is 0 Å². The molecule has 0 aromatic carbocycles. The molecule has 6 nitrogen and oxygen atoms in total. The number of ether oxygens (including phenoxy) is 3. The van der Waals surface area contributed by atoms with Crippen molar-refractivity contribution >= 4 is 22.6 Å². The van der Waals surface area contributed by atoms with Gasteiger partial charge in [-0.3, -0.25) is 4.79 Å². The van der Waals surface area contributed by atoms with E-state index in [4.69, 9.17) is 23.1 Å². The number of methoxy groups -OCH3 is 2. The lowest BCUT2D eigenvalue weighted by atomic mass is 9.87. The van der Waals surface area contributed by atoms with Crippen molar-refractivity contribution in [2.45, 2.75) is 173 Å². The number of hydrogen-bond acceptors (Lipinski definition) is 6. The van der Waals surface area contributed by atoms with Crippen molar-refractivity contribution in [2.75, 3.05) is 14.2 Å². The topological polar surface area (TPSA) is 63.2 Å². The minimum absolute atomic E-state index is 0.0619. The standard InChI is InChI=1S/C34H65FO6Si2/c1-10-17-18-20-27(40-42(11-2,12-3)13-4)23-24-28-29-26-34(38-9,32(35)21-19-22-33(36)37-8)39-30(29)25-31(28)41-43(14-5,15-6)16-7/h23-24,27-32H,10-22,25-26H2,1-9H3/b24-23+/t27-,28+,29+,30-,31+,32+,34-/m0/s1. The molecule has 0 unspecified atom stereocenters. The second kappa shape index (κ2) is 18.5. The lowest BCUT2D eigenvalue weighted by molar-refractivity contribution is -0.248. The second-order valence-electron chi connectivity index (χ2n) is 13.0. The van der Waals surface area contributed by atoms with Crippen LogP contribution in [0, 0.1) is 11.8 Å². The fraction of sp³-hybridized carbons (Fsp3) is 0.912. The molecule has 43 heavy (non-hydrogen) atoms. The highest BCUT2D eigenvalue weighted by molar-refractivity contribution is 6.74. The monoisotopic (exact) mass is 644 g/mol. The van der Waals surface area contributed by atoms with Gasteiger partial charge in [-0.2, -0.15) is 0 Å². The molecule has 1 saturated carbocycles.